The molecule has 0 aromatic heterocycles. The first-order valence-corrected chi connectivity index (χ1v) is 16.8. The minimum atomic E-state index is -4.75. The zero-order valence-corrected chi connectivity index (χ0v) is 26.9. The number of hydrazine groups is 1. The fourth-order valence-electron chi connectivity index (χ4n) is 6.49. The number of hydrogen-bond donors (Lipinski definition) is 3. The molecule has 6 rings (SSSR count). The average Bonchev–Trinajstić information content (AvgIpc) is 3.04. The van der Waals surface area contributed by atoms with E-state index >= 15 is 0 Å². The largest absolute Gasteiger partial charge is 0.524 e. The van der Waals surface area contributed by atoms with Crippen molar-refractivity contribution in [2.45, 2.75) is 44.7 Å². The number of phosphoric ester groups is 1. The van der Waals surface area contributed by atoms with Crippen molar-refractivity contribution >= 4 is 36.4 Å². The summed E-state index contributed by atoms with van der Waals surface area (Å²) in [7, 11) is -3.07. The van der Waals surface area contributed by atoms with Crippen LogP contribution in [0, 0.1) is 0 Å². The van der Waals surface area contributed by atoms with Crippen molar-refractivity contribution in [3.63, 3.8) is 0 Å². The summed E-state index contributed by atoms with van der Waals surface area (Å²) in [6, 6.07) is 27.5. The second kappa shape index (κ2) is 13.2. The molecule has 2 aliphatic heterocycles. The Balaban J connectivity index is 1.36. The zero-order valence-electron chi connectivity index (χ0n) is 26.0. The lowest BCUT2D eigenvalue weighted by molar-refractivity contribution is -0.196. The Bertz CT molecular complexity index is 1830. The number of carbonyl (C=O) groups is 3. The standard InChI is InChI=1S/C34H36N5O7P/c1-23-32-38(31(40)22-36(2)39(32)34(42)35-20-25-9-4-3-5-10-25)30(19-24-15-17-28(18-16-24)46-47(43,44)45)33(41)37(23)21-27-13-8-12-26-11-6-7-14-29(26)27/h3-18,23,30,32H,19-22H2,1-2H3,(H,35,42)(H2,43,44,45)/t23-,30-,32-/m0/s1. The van der Waals surface area contributed by atoms with Crippen LogP contribution in [0.4, 0.5) is 4.79 Å². The molecule has 0 bridgehead atoms. The minimum absolute atomic E-state index is 0.0296. The van der Waals surface area contributed by atoms with Crippen LogP contribution in [0.15, 0.2) is 97.1 Å². The number of urea groups is 1. The highest BCUT2D eigenvalue weighted by Gasteiger charge is 2.54. The van der Waals surface area contributed by atoms with Gasteiger partial charge in [0, 0.05) is 26.6 Å². The van der Waals surface area contributed by atoms with Gasteiger partial charge in [0.15, 0.2) is 0 Å². The van der Waals surface area contributed by atoms with Crippen molar-refractivity contribution in [2.75, 3.05) is 13.6 Å². The highest BCUT2D eigenvalue weighted by molar-refractivity contribution is 7.46. The molecule has 0 aliphatic carbocycles. The van der Waals surface area contributed by atoms with Crippen LogP contribution in [-0.2, 0) is 33.7 Å². The van der Waals surface area contributed by atoms with Gasteiger partial charge in [-0.05, 0) is 46.5 Å². The number of fused-ring (bicyclic) bond motifs is 2. The number of amides is 4. The van der Waals surface area contributed by atoms with Crippen LogP contribution in [0.25, 0.3) is 10.8 Å². The van der Waals surface area contributed by atoms with E-state index in [4.69, 9.17) is 0 Å². The average molecular weight is 658 g/mol. The van der Waals surface area contributed by atoms with Crippen LogP contribution >= 0.6 is 7.82 Å². The molecule has 3 N–H and O–H groups in total. The number of nitrogens with one attached hydrogen (secondary N) is 1. The maximum Gasteiger partial charge on any atom is 0.524 e. The summed E-state index contributed by atoms with van der Waals surface area (Å²) in [6.45, 7) is 2.29. The van der Waals surface area contributed by atoms with E-state index in [9.17, 15) is 28.7 Å². The molecule has 2 saturated heterocycles. The second-order valence-electron chi connectivity index (χ2n) is 11.8. The fourth-order valence-corrected chi connectivity index (χ4v) is 6.88. The maximum atomic E-state index is 14.5. The number of benzene rings is 4. The van der Waals surface area contributed by atoms with Gasteiger partial charge in [-0.25, -0.2) is 19.4 Å². The molecule has 0 saturated carbocycles. The van der Waals surface area contributed by atoms with Gasteiger partial charge in [0.2, 0.25) is 11.8 Å². The molecule has 2 heterocycles. The van der Waals surface area contributed by atoms with E-state index in [0.717, 1.165) is 21.9 Å². The lowest BCUT2D eigenvalue weighted by Crippen LogP contribution is -2.78. The Morgan fingerprint density at radius 1 is 0.915 bits per heavy atom. The first kappa shape index (κ1) is 32.2. The molecular weight excluding hydrogens is 621 g/mol. The van der Waals surface area contributed by atoms with Crippen molar-refractivity contribution in [3.8, 4) is 5.75 Å². The van der Waals surface area contributed by atoms with Crippen molar-refractivity contribution in [1.82, 2.24) is 25.1 Å². The SMILES string of the molecule is C[C@H]1[C@H]2N(C(=O)CN(C)N2C(=O)NCc2ccccc2)[C@@H](Cc2ccc(OP(=O)(O)O)cc2)C(=O)N1Cc1cccc2ccccc12. The molecule has 4 amide bonds. The van der Waals surface area contributed by atoms with Crippen LogP contribution in [0.2, 0.25) is 0 Å². The molecule has 0 spiro atoms. The van der Waals surface area contributed by atoms with Gasteiger partial charge in [0.25, 0.3) is 0 Å². The number of piperazine rings is 1. The van der Waals surface area contributed by atoms with Crippen molar-refractivity contribution < 1.29 is 33.3 Å². The fraction of sp³-hybridized carbons (Fsp3) is 0.265. The Labute approximate surface area is 272 Å². The van der Waals surface area contributed by atoms with Gasteiger partial charge in [0.05, 0.1) is 12.6 Å². The van der Waals surface area contributed by atoms with Gasteiger partial charge in [-0.3, -0.25) is 19.4 Å². The quantitative estimate of drug-likeness (QED) is 0.243. The van der Waals surface area contributed by atoms with E-state index in [2.05, 4.69) is 9.84 Å². The predicted octanol–water partition coefficient (Wildman–Crippen LogP) is 3.88. The van der Waals surface area contributed by atoms with Crippen LogP contribution in [0.5, 0.6) is 5.75 Å². The van der Waals surface area contributed by atoms with E-state index in [-0.39, 0.29) is 43.6 Å². The summed E-state index contributed by atoms with van der Waals surface area (Å²) in [6.07, 6.45) is -0.703. The number of nitrogens with zero attached hydrogens (tertiary/aromatic N) is 4. The molecule has 12 nitrogen and oxygen atoms in total. The Hall–Kier alpha value is -4.74. The van der Waals surface area contributed by atoms with Gasteiger partial charge in [0.1, 0.15) is 18.0 Å². The third-order valence-corrected chi connectivity index (χ3v) is 9.12. The van der Waals surface area contributed by atoms with Crippen molar-refractivity contribution in [2.24, 2.45) is 0 Å². The van der Waals surface area contributed by atoms with Gasteiger partial charge < -0.3 is 19.6 Å². The monoisotopic (exact) mass is 657 g/mol. The first-order valence-electron chi connectivity index (χ1n) is 15.2. The predicted molar refractivity (Wildman–Crippen MR) is 174 cm³/mol. The highest BCUT2D eigenvalue weighted by Crippen LogP contribution is 2.38. The Kier molecular flexibility index (Phi) is 9.03. The molecule has 47 heavy (non-hydrogen) atoms. The van der Waals surface area contributed by atoms with Crippen LogP contribution in [0.3, 0.4) is 0 Å². The van der Waals surface area contributed by atoms with Gasteiger partial charge in [-0.2, -0.15) is 0 Å². The summed E-state index contributed by atoms with van der Waals surface area (Å²) in [5.74, 6) is -0.584. The lowest BCUT2D eigenvalue weighted by atomic mass is 9.94. The zero-order chi connectivity index (χ0) is 33.3. The smallest absolute Gasteiger partial charge is 0.404 e. The van der Waals surface area contributed by atoms with E-state index < -0.39 is 32.1 Å². The Morgan fingerprint density at radius 3 is 2.32 bits per heavy atom. The van der Waals surface area contributed by atoms with E-state index in [1.54, 1.807) is 29.1 Å². The molecule has 2 aliphatic rings. The molecule has 4 aromatic rings. The lowest BCUT2D eigenvalue weighted by Gasteiger charge is -2.57. The summed E-state index contributed by atoms with van der Waals surface area (Å²) < 4.78 is 16.0. The molecule has 244 valence electrons. The highest BCUT2D eigenvalue weighted by atomic mass is 31.2. The third-order valence-electron chi connectivity index (χ3n) is 8.67. The second-order valence-corrected chi connectivity index (χ2v) is 13.0. The third kappa shape index (κ3) is 6.86. The van der Waals surface area contributed by atoms with Crippen LogP contribution < -0.4 is 9.84 Å². The van der Waals surface area contributed by atoms with E-state index in [1.807, 2.05) is 79.7 Å². The molecule has 0 radical (unpaired) electrons. The molecule has 2 fully saturated rings. The topological polar surface area (TPSA) is 143 Å². The molecule has 4 aromatic carbocycles. The molecule has 3 atom stereocenters. The molecule has 13 heteroatoms. The van der Waals surface area contributed by atoms with E-state index in [0.29, 0.717) is 5.56 Å². The maximum absolute atomic E-state index is 14.5. The van der Waals surface area contributed by atoms with Gasteiger partial charge >= 0.3 is 13.9 Å². The molecule has 0 unspecified atom stereocenters. The van der Waals surface area contributed by atoms with Gasteiger partial charge in [-0.15, -0.1) is 0 Å². The number of rotatable bonds is 8. The summed E-state index contributed by atoms with van der Waals surface area (Å²) in [5, 5.41) is 8.15. The molecular formula is C34H36N5O7P. The number of hydrogen-bond acceptors (Lipinski definition) is 6. The van der Waals surface area contributed by atoms with Crippen LogP contribution in [0.1, 0.15) is 23.6 Å². The normalized spacial score (nSPS) is 20.3. The van der Waals surface area contributed by atoms with Crippen LogP contribution in [-0.4, -0.2) is 79.3 Å². The number of carbonyl (C=O) groups excluding carboxylic acids is 3. The van der Waals surface area contributed by atoms with Crippen molar-refractivity contribution in [1.29, 1.82) is 0 Å². The number of likely N-dealkylation sites (N-methyl/N-ethyl adjacent to an activating group) is 1. The van der Waals surface area contributed by atoms with Crippen molar-refractivity contribution in [3.05, 3.63) is 114 Å². The summed E-state index contributed by atoms with van der Waals surface area (Å²) >= 11 is 0. The summed E-state index contributed by atoms with van der Waals surface area (Å²) in [4.78, 5) is 63.8. The number of phosphoric acid groups is 1. The minimum Gasteiger partial charge on any atom is -0.404 e. The Morgan fingerprint density at radius 2 is 1.60 bits per heavy atom. The summed E-state index contributed by atoms with van der Waals surface area (Å²) in [5.41, 5.74) is 2.50. The van der Waals surface area contributed by atoms with Gasteiger partial charge in [-0.1, -0.05) is 84.9 Å². The first-order chi connectivity index (χ1) is 22.5. The van der Waals surface area contributed by atoms with E-state index in [1.165, 1.54) is 22.0 Å².